The Morgan fingerprint density at radius 3 is 2.09 bits per heavy atom. The molecular weight excluding hydrogens is 288 g/mol. The quantitative estimate of drug-likeness (QED) is 0.655. The van der Waals surface area contributed by atoms with Gasteiger partial charge in [-0.1, -0.05) is 0 Å². The normalized spacial score (nSPS) is 11.4. The fourth-order valence-corrected chi connectivity index (χ4v) is 1.87. The van der Waals surface area contributed by atoms with Crippen molar-refractivity contribution < 1.29 is 24.3 Å². The summed E-state index contributed by atoms with van der Waals surface area (Å²) in [4.78, 5) is 44.8. The van der Waals surface area contributed by atoms with Gasteiger partial charge >= 0.3 is 5.97 Å². The zero-order valence-corrected chi connectivity index (χ0v) is 12.4. The van der Waals surface area contributed by atoms with Crippen LogP contribution in [-0.2, 0) is 14.4 Å². The standard InChI is InChI=1S/C15H18N2O5/c1-9(18)16-12-5-3-11(4-6-12)14(20)8-7-13(15(21)22)17-10(2)19/h3-6,13H,7-8H2,1-2H3,(H,16,18)(H,17,19)(H,21,22). The van der Waals surface area contributed by atoms with E-state index in [-0.39, 0.29) is 24.5 Å². The van der Waals surface area contributed by atoms with Crippen LogP contribution >= 0.6 is 0 Å². The molecule has 22 heavy (non-hydrogen) atoms. The van der Waals surface area contributed by atoms with Gasteiger partial charge in [0.15, 0.2) is 5.78 Å². The molecule has 118 valence electrons. The van der Waals surface area contributed by atoms with Gasteiger partial charge in [0.25, 0.3) is 0 Å². The minimum absolute atomic E-state index is 0.00324. The third-order valence-corrected chi connectivity index (χ3v) is 2.86. The molecule has 1 rings (SSSR count). The lowest BCUT2D eigenvalue weighted by Crippen LogP contribution is -2.39. The lowest BCUT2D eigenvalue weighted by molar-refractivity contribution is -0.141. The van der Waals surface area contributed by atoms with Crippen molar-refractivity contribution in [2.24, 2.45) is 0 Å². The van der Waals surface area contributed by atoms with Gasteiger partial charge in [0.1, 0.15) is 6.04 Å². The largest absolute Gasteiger partial charge is 0.480 e. The summed E-state index contributed by atoms with van der Waals surface area (Å²) in [6, 6.07) is 5.22. The molecule has 0 aliphatic carbocycles. The van der Waals surface area contributed by atoms with Crippen LogP contribution in [0.15, 0.2) is 24.3 Å². The number of ketones is 1. The van der Waals surface area contributed by atoms with Crippen LogP contribution in [0.4, 0.5) is 5.69 Å². The minimum atomic E-state index is -1.18. The van der Waals surface area contributed by atoms with Crippen LogP contribution in [0, 0.1) is 0 Å². The fraction of sp³-hybridized carbons (Fsp3) is 0.333. The SMILES string of the molecule is CC(=O)Nc1ccc(C(=O)CCC(NC(C)=O)C(=O)O)cc1. The molecule has 2 amide bonds. The maximum atomic E-state index is 12.0. The summed E-state index contributed by atoms with van der Waals surface area (Å²) in [6.07, 6.45) is 0.0118. The highest BCUT2D eigenvalue weighted by molar-refractivity contribution is 5.97. The van der Waals surface area contributed by atoms with Crippen LogP contribution < -0.4 is 10.6 Å². The molecule has 0 saturated heterocycles. The number of carboxylic acids is 1. The molecule has 1 aromatic rings. The van der Waals surface area contributed by atoms with Crippen molar-refractivity contribution in [3.8, 4) is 0 Å². The Morgan fingerprint density at radius 1 is 1.05 bits per heavy atom. The Hall–Kier alpha value is -2.70. The Morgan fingerprint density at radius 2 is 1.64 bits per heavy atom. The highest BCUT2D eigenvalue weighted by atomic mass is 16.4. The van der Waals surface area contributed by atoms with Crippen molar-refractivity contribution in [1.82, 2.24) is 5.32 Å². The van der Waals surface area contributed by atoms with Gasteiger partial charge in [-0.25, -0.2) is 4.79 Å². The maximum absolute atomic E-state index is 12.0. The number of carbonyl (C=O) groups is 4. The summed E-state index contributed by atoms with van der Waals surface area (Å²) >= 11 is 0. The number of nitrogens with one attached hydrogen (secondary N) is 2. The van der Waals surface area contributed by atoms with Crippen molar-refractivity contribution in [2.45, 2.75) is 32.7 Å². The molecule has 0 aliphatic rings. The zero-order chi connectivity index (χ0) is 16.7. The van der Waals surface area contributed by atoms with Crippen molar-refractivity contribution in [3.63, 3.8) is 0 Å². The van der Waals surface area contributed by atoms with Gasteiger partial charge in [0.2, 0.25) is 11.8 Å². The van der Waals surface area contributed by atoms with Crippen LogP contribution in [0.25, 0.3) is 0 Å². The molecule has 0 fully saturated rings. The molecule has 0 bridgehead atoms. The number of aliphatic carboxylic acids is 1. The van der Waals surface area contributed by atoms with E-state index >= 15 is 0 Å². The van der Waals surface area contributed by atoms with Crippen LogP contribution in [-0.4, -0.2) is 34.7 Å². The summed E-state index contributed by atoms with van der Waals surface area (Å²) in [5.41, 5.74) is 0.992. The first kappa shape index (κ1) is 17.4. The van der Waals surface area contributed by atoms with Gasteiger partial charge in [-0.15, -0.1) is 0 Å². The number of benzene rings is 1. The van der Waals surface area contributed by atoms with Crippen molar-refractivity contribution in [2.75, 3.05) is 5.32 Å². The maximum Gasteiger partial charge on any atom is 0.326 e. The number of amides is 2. The van der Waals surface area contributed by atoms with Crippen LogP contribution in [0.2, 0.25) is 0 Å². The summed E-state index contributed by atoms with van der Waals surface area (Å²) in [5.74, 6) is -2.08. The van der Waals surface area contributed by atoms with E-state index in [4.69, 9.17) is 5.11 Å². The number of carboxylic acid groups (broad SMARTS) is 1. The third kappa shape index (κ3) is 5.74. The molecule has 0 aromatic heterocycles. The first-order valence-corrected chi connectivity index (χ1v) is 6.70. The van der Waals surface area contributed by atoms with Gasteiger partial charge in [-0.05, 0) is 30.7 Å². The average Bonchev–Trinajstić information content (AvgIpc) is 2.42. The Labute approximate surface area is 127 Å². The second-order valence-corrected chi connectivity index (χ2v) is 4.81. The molecule has 1 atom stereocenters. The van der Waals surface area contributed by atoms with Gasteiger partial charge in [0.05, 0.1) is 0 Å². The number of hydrogen-bond acceptors (Lipinski definition) is 4. The fourth-order valence-electron chi connectivity index (χ4n) is 1.87. The van der Waals surface area contributed by atoms with Gasteiger partial charge in [0, 0.05) is 31.5 Å². The molecule has 0 heterocycles. The monoisotopic (exact) mass is 306 g/mol. The minimum Gasteiger partial charge on any atom is -0.480 e. The molecule has 0 saturated carbocycles. The highest BCUT2D eigenvalue weighted by Gasteiger charge is 2.19. The summed E-state index contributed by atoms with van der Waals surface area (Å²) in [6.45, 7) is 2.60. The average molecular weight is 306 g/mol. The number of rotatable bonds is 7. The molecule has 7 heteroatoms. The Bertz CT molecular complexity index is 580. The summed E-state index contributed by atoms with van der Waals surface area (Å²) in [5, 5.41) is 13.8. The molecule has 0 radical (unpaired) electrons. The second kappa shape index (κ2) is 7.92. The van der Waals surface area contributed by atoms with Gasteiger partial charge in [-0.3, -0.25) is 14.4 Å². The number of Topliss-reactive ketones (excluding diaryl/α,β-unsaturated/α-hetero) is 1. The number of hydrogen-bond donors (Lipinski definition) is 3. The van der Waals surface area contributed by atoms with Crippen molar-refractivity contribution in [3.05, 3.63) is 29.8 Å². The van der Waals surface area contributed by atoms with Crippen molar-refractivity contribution >= 4 is 29.3 Å². The molecule has 0 aliphatic heterocycles. The van der Waals surface area contributed by atoms with E-state index in [0.29, 0.717) is 11.3 Å². The molecule has 1 unspecified atom stereocenters. The molecule has 1 aromatic carbocycles. The topological polar surface area (TPSA) is 113 Å². The number of carbonyl (C=O) groups excluding carboxylic acids is 3. The smallest absolute Gasteiger partial charge is 0.326 e. The molecular formula is C15H18N2O5. The summed E-state index contributed by atoms with van der Waals surface area (Å²) < 4.78 is 0. The lowest BCUT2D eigenvalue weighted by Gasteiger charge is -2.12. The van der Waals surface area contributed by atoms with E-state index in [1.165, 1.54) is 13.8 Å². The van der Waals surface area contributed by atoms with E-state index in [1.54, 1.807) is 24.3 Å². The van der Waals surface area contributed by atoms with Crippen LogP contribution in [0.3, 0.4) is 0 Å². The molecule has 7 nitrogen and oxygen atoms in total. The van der Waals surface area contributed by atoms with E-state index in [9.17, 15) is 19.2 Å². The predicted molar refractivity (Wildman–Crippen MR) is 79.6 cm³/mol. The Balaban J connectivity index is 2.62. The molecule has 3 N–H and O–H groups in total. The van der Waals surface area contributed by atoms with E-state index in [2.05, 4.69) is 10.6 Å². The predicted octanol–water partition coefficient (Wildman–Crippen LogP) is 1.20. The first-order valence-electron chi connectivity index (χ1n) is 6.70. The highest BCUT2D eigenvalue weighted by Crippen LogP contribution is 2.12. The van der Waals surface area contributed by atoms with E-state index < -0.39 is 17.9 Å². The Kier molecular flexibility index (Phi) is 6.25. The zero-order valence-electron chi connectivity index (χ0n) is 12.4. The number of anilines is 1. The van der Waals surface area contributed by atoms with Gasteiger partial charge < -0.3 is 15.7 Å². The van der Waals surface area contributed by atoms with Crippen LogP contribution in [0.1, 0.15) is 37.0 Å². The lowest BCUT2D eigenvalue weighted by atomic mass is 10.0. The van der Waals surface area contributed by atoms with E-state index in [1.807, 2.05) is 0 Å². The summed E-state index contributed by atoms with van der Waals surface area (Å²) in [7, 11) is 0. The van der Waals surface area contributed by atoms with Crippen molar-refractivity contribution in [1.29, 1.82) is 0 Å². The van der Waals surface area contributed by atoms with Crippen LogP contribution in [0.5, 0.6) is 0 Å². The van der Waals surface area contributed by atoms with Gasteiger partial charge in [-0.2, -0.15) is 0 Å². The third-order valence-electron chi connectivity index (χ3n) is 2.86. The second-order valence-electron chi connectivity index (χ2n) is 4.81. The molecule has 0 spiro atoms. The first-order chi connectivity index (χ1) is 10.3. The van der Waals surface area contributed by atoms with E-state index in [0.717, 1.165) is 0 Å².